The second-order valence-electron chi connectivity index (χ2n) is 11.6. The van der Waals surface area contributed by atoms with E-state index >= 15 is 0 Å². The Kier molecular flexibility index (Phi) is 13.8. The van der Waals surface area contributed by atoms with E-state index in [1.165, 1.54) is 18.8 Å². The second kappa shape index (κ2) is 18.2. The molecule has 1 saturated heterocycles. The van der Waals surface area contributed by atoms with Crippen LogP contribution in [0.15, 0.2) is 47.6 Å². The van der Waals surface area contributed by atoms with Crippen LogP contribution in [0.3, 0.4) is 0 Å². The number of azide groups is 1. The van der Waals surface area contributed by atoms with Gasteiger partial charge in [-0.25, -0.2) is 4.79 Å². The van der Waals surface area contributed by atoms with E-state index in [9.17, 15) is 18.0 Å². The number of carbonyl (C=O) groups is 1. The van der Waals surface area contributed by atoms with Crippen LogP contribution in [0.4, 0.5) is 24.5 Å². The quantitative estimate of drug-likeness (QED) is 0.0474. The van der Waals surface area contributed by atoms with E-state index in [1.54, 1.807) is 36.4 Å². The SMILES string of the molecule is COC(=O)c1ccc(OC)c(NCC#Cc2cc3c(NC4CCN(C)CC4CCOCCOCCN=[N+]=[N-])cccc3n2CC(F)(F)F)c1. The van der Waals surface area contributed by atoms with Gasteiger partial charge in [0.1, 0.15) is 12.3 Å². The summed E-state index contributed by atoms with van der Waals surface area (Å²) in [4.78, 5) is 16.9. The number of hydrogen-bond donors (Lipinski definition) is 2. The smallest absolute Gasteiger partial charge is 0.406 e. The number of aromatic nitrogens is 1. The van der Waals surface area contributed by atoms with Crippen LogP contribution >= 0.6 is 0 Å². The number of esters is 1. The Morgan fingerprint density at radius 3 is 2.63 bits per heavy atom. The molecule has 2 N–H and O–H groups in total. The van der Waals surface area contributed by atoms with Crippen LogP contribution in [0.25, 0.3) is 21.3 Å². The molecule has 2 heterocycles. The number of rotatable bonds is 16. The fourth-order valence-electron chi connectivity index (χ4n) is 5.83. The van der Waals surface area contributed by atoms with Gasteiger partial charge in [-0.3, -0.25) is 0 Å². The number of alkyl halides is 3. The van der Waals surface area contributed by atoms with E-state index in [2.05, 4.69) is 44.4 Å². The van der Waals surface area contributed by atoms with Gasteiger partial charge >= 0.3 is 12.1 Å². The normalized spacial score (nSPS) is 16.4. The van der Waals surface area contributed by atoms with Crippen molar-refractivity contribution in [3.8, 4) is 17.6 Å². The number of likely N-dealkylation sites (tertiary alicyclic amines) is 1. The van der Waals surface area contributed by atoms with Crippen LogP contribution in [0.5, 0.6) is 5.75 Å². The van der Waals surface area contributed by atoms with Crippen molar-refractivity contribution in [3.63, 3.8) is 0 Å². The predicted octanol–water partition coefficient (Wildman–Crippen LogP) is 5.93. The standard InChI is InChI=1S/C34H42F3N7O5/c1-43-15-11-28(25(22-43)12-16-48-18-19-49-17-14-40-42-38)41-29-7-4-8-31-27(29)21-26(44(31)23-34(35,36)37)6-5-13-39-30-20-24(33(45)47-3)9-10-32(30)46-2/h4,7-10,20-21,25,28,39,41H,11-19,22-23H2,1-3H3. The van der Waals surface area contributed by atoms with Crippen LogP contribution in [-0.2, 0) is 20.8 Å². The Morgan fingerprint density at radius 2 is 1.90 bits per heavy atom. The maximum absolute atomic E-state index is 13.8. The number of benzene rings is 2. The molecule has 2 aromatic carbocycles. The molecule has 49 heavy (non-hydrogen) atoms. The molecule has 264 valence electrons. The molecule has 0 radical (unpaired) electrons. The van der Waals surface area contributed by atoms with Crippen molar-refractivity contribution in [1.82, 2.24) is 9.47 Å². The maximum Gasteiger partial charge on any atom is 0.406 e. The van der Waals surface area contributed by atoms with Gasteiger partial charge in [-0.1, -0.05) is 17.1 Å². The number of nitrogens with zero attached hydrogens (tertiary/aromatic N) is 5. The van der Waals surface area contributed by atoms with Gasteiger partial charge in [-0.15, -0.1) is 0 Å². The van der Waals surface area contributed by atoms with E-state index in [4.69, 9.17) is 24.5 Å². The number of anilines is 2. The Labute approximate surface area is 283 Å². The molecule has 0 saturated carbocycles. The topological polar surface area (TPSA) is 135 Å². The third-order valence-electron chi connectivity index (χ3n) is 8.17. The largest absolute Gasteiger partial charge is 0.495 e. The van der Waals surface area contributed by atoms with E-state index in [0.29, 0.717) is 54.3 Å². The van der Waals surface area contributed by atoms with Gasteiger partial charge in [0.25, 0.3) is 0 Å². The molecular formula is C34H42F3N7O5. The van der Waals surface area contributed by atoms with Gasteiger partial charge in [0.2, 0.25) is 0 Å². The molecule has 4 rings (SSSR count). The van der Waals surface area contributed by atoms with Crippen molar-refractivity contribution in [1.29, 1.82) is 0 Å². The maximum atomic E-state index is 13.8. The third kappa shape index (κ3) is 11.0. The fourth-order valence-corrected chi connectivity index (χ4v) is 5.83. The minimum atomic E-state index is -4.46. The molecule has 12 nitrogen and oxygen atoms in total. The molecule has 2 atom stereocenters. The summed E-state index contributed by atoms with van der Waals surface area (Å²) in [6, 6.07) is 11.9. The first-order chi connectivity index (χ1) is 23.6. The molecule has 1 aromatic heterocycles. The lowest BCUT2D eigenvalue weighted by Gasteiger charge is -2.38. The lowest BCUT2D eigenvalue weighted by molar-refractivity contribution is -0.140. The summed E-state index contributed by atoms with van der Waals surface area (Å²) in [6.45, 7) is 2.63. The summed E-state index contributed by atoms with van der Waals surface area (Å²) in [6.07, 6.45) is -2.80. The molecule has 1 aliphatic rings. The highest BCUT2D eigenvalue weighted by Crippen LogP contribution is 2.33. The van der Waals surface area contributed by atoms with E-state index in [-0.39, 0.29) is 30.7 Å². The van der Waals surface area contributed by atoms with E-state index in [0.717, 1.165) is 31.6 Å². The first-order valence-electron chi connectivity index (χ1n) is 15.9. The first-order valence-corrected chi connectivity index (χ1v) is 15.9. The van der Waals surface area contributed by atoms with Gasteiger partial charge in [0.05, 0.1) is 63.0 Å². The summed E-state index contributed by atoms with van der Waals surface area (Å²) in [5.41, 5.74) is 10.5. The van der Waals surface area contributed by atoms with Gasteiger partial charge in [-0.2, -0.15) is 13.2 Å². The molecule has 0 aliphatic carbocycles. The van der Waals surface area contributed by atoms with Crippen LogP contribution < -0.4 is 15.4 Å². The van der Waals surface area contributed by atoms with Crippen molar-refractivity contribution < 1.29 is 36.9 Å². The molecule has 3 aromatic rings. The van der Waals surface area contributed by atoms with Crippen molar-refractivity contribution in [2.45, 2.75) is 31.6 Å². The minimum absolute atomic E-state index is 0.0842. The number of ether oxygens (including phenoxy) is 4. The van der Waals surface area contributed by atoms with Crippen molar-refractivity contribution >= 4 is 28.2 Å². The molecule has 0 amide bonds. The molecule has 0 bridgehead atoms. The first kappa shape index (κ1) is 37.2. The molecule has 0 spiro atoms. The lowest BCUT2D eigenvalue weighted by Crippen LogP contribution is -2.45. The summed E-state index contributed by atoms with van der Waals surface area (Å²) >= 11 is 0. The number of halogens is 3. The number of methoxy groups -OCH3 is 2. The van der Waals surface area contributed by atoms with Crippen LogP contribution in [0.1, 0.15) is 28.9 Å². The lowest BCUT2D eigenvalue weighted by atomic mass is 9.89. The van der Waals surface area contributed by atoms with Crippen LogP contribution in [0, 0.1) is 17.8 Å². The highest BCUT2D eigenvalue weighted by atomic mass is 19.4. The summed E-state index contributed by atoms with van der Waals surface area (Å²) in [5.74, 6) is 6.06. The predicted molar refractivity (Wildman–Crippen MR) is 181 cm³/mol. The second-order valence-corrected chi connectivity index (χ2v) is 11.6. The average molecular weight is 686 g/mol. The van der Waals surface area contributed by atoms with Gasteiger partial charge in [0, 0.05) is 41.7 Å². The molecular weight excluding hydrogens is 643 g/mol. The van der Waals surface area contributed by atoms with Crippen molar-refractivity contribution in [2.75, 3.05) is 84.5 Å². The zero-order valence-corrected chi connectivity index (χ0v) is 27.9. The monoisotopic (exact) mass is 685 g/mol. The Balaban J connectivity index is 1.49. The van der Waals surface area contributed by atoms with Crippen molar-refractivity contribution in [3.05, 3.63) is 64.2 Å². The van der Waals surface area contributed by atoms with E-state index in [1.807, 2.05) is 6.07 Å². The number of carbonyl (C=O) groups excluding carboxylic acids is 1. The van der Waals surface area contributed by atoms with Crippen LogP contribution in [-0.4, -0.2) is 102 Å². The molecule has 15 heteroatoms. The van der Waals surface area contributed by atoms with Gasteiger partial charge in [0.15, 0.2) is 0 Å². The number of fused-ring (bicyclic) bond motifs is 1. The number of piperidine rings is 1. The molecule has 2 unspecified atom stereocenters. The summed E-state index contributed by atoms with van der Waals surface area (Å²) in [7, 11) is 4.85. The number of nitrogens with one attached hydrogen (secondary N) is 2. The highest BCUT2D eigenvalue weighted by Gasteiger charge is 2.31. The van der Waals surface area contributed by atoms with Crippen LogP contribution in [0.2, 0.25) is 0 Å². The van der Waals surface area contributed by atoms with Gasteiger partial charge in [-0.05, 0) is 80.2 Å². The Bertz CT molecular complexity index is 1660. The Morgan fingerprint density at radius 1 is 1.10 bits per heavy atom. The summed E-state index contributed by atoms with van der Waals surface area (Å²) < 4.78 is 63.9. The van der Waals surface area contributed by atoms with Crippen molar-refractivity contribution in [2.24, 2.45) is 11.0 Å². The van der Waals surface area contributed by atoms with E-state index < -0.39 is 18.7 Å². The minimum Gasteiger partial charge on any atom is -0.495 e. The zero-order valence-electron chi connectivity index (χ0n) is 27.9. The van der Waals surface area contributed by atoms with Gasteiger partial charge < -0.3 is 39.0 Å². The zero-order chi connectivity index (χ0) is 35.2. The fraction of sp³-hybridized carbons (Fsp3) is 0.500. The molecule has 1 fully saturated rings. The molecule has 1 aliphatic heterocycles. The Hall–Kier alpha value is -4.61. The highest BCUT2D eigenvalue weighted by molar-refractivity contribution is 5.94. The average Bonchev–Trinajstić information content (AvgIpc) is 3.42. The third-order valence-corrected chi connectivity index (χ3v) is 8.17. The summed E-state index contributed by atoms with van der Waals surface area (Å²) in [5, 5.41) is 10.8. The number of hydrogen-bond acceptors (Lipinski definition) is 9.